The largest absolute Gasteiger partial charge is 0.496 e. The highest BCUT2D eigenvalue weighted by Gasteiger charge is 2.29. The number of amides is 1. The number of carbonyl (C=O) groups is 1. The number of nitrogens with zero attached hydrogens (tertiary/aromatic N) is 2. The second-order valence-corrected chi connectivity index (χ2v) is 7.17. The molecule has 6 nitrogen and oxygen atoms in total. The predicted molar refractivity (Wildman–Crippen MR) is 105 cm³/mol. The lowest BCUT2D eigenvalue weighted by atomic mass is 10.2. The number of nitrogens with one attached hydrogen (secondary N) is 2. The van der Waals surface area contributed by atoms with E-state index >= 15 is 0 Å². The van der Waals surface area contributed by atoms with Crippen LogP contribution in [0.5, 0.6) is 5.75 Å². The van der Waals surface area contributed by atoms with E-state index in [0.717, 1.165) is 46.3 Å². The van der Waals surface area contributed by atoms with E-state index in [4.69, 9.17) is 4.74 Å². The zero-order valence-electron chi connectivity index (χ0n) is 14.1. The highest BCUT2D eigenvalue weighted by molar-refractivity contribution is 8.14. The maximum Gasteiger partial charge on any atom is 0.272 e. The van der Waals surface area contributed by atoms with E-state index in [9.17, 15) is 4.79 Å². The number of rotatable bonds is 3. The maximum absolute atomic E-state index is 12.7. The van der Waals surface area contributed by atoms with E-state index in [1.165, 1.54) is 4.90 Å². The zero-order chi connectivity index (χ0) is 17.7. The molecule has 0 saturated heterocycles. The molecule has 26 heavy (non-hydrogen) atoms. The van der Waals surface area contributed by atoms with Crippen LogP contribution in [0.1, 0.15) is 10.5 Å². The van der Waals surface area contributed by atoms with Crippen LogP contribution in [0.4, 0.5) is 11.4 Å². The summed E-state index contributed by atoms with van der Waals surface area (Å²) >= 11 is 1.68. The number of methoxy groups -OCH3 is 1. The van der Waals surface area contributed by atoms with Crippen LogP contribution in [-0.4, -0.2) is 36.3 Å². The second-order valence-electron chi connectivity index (χ2n) is 6.16. The Hall–Kier alpha value is -2.93. The van der Waals surface area contributed by atoms with Crippen LogP contribution in [0, 0.1) is 0 Å². The number of carbonyl (C=O) groups excluding carboxylic acids is 1. The molecule has 0 spiro atoms. The number of anilines is 2. The Morgan fingerprint density at radius 1 is 1.31 bits per heavy atom. The van der Waals surface area contributed by atoms with E-state index in [0.29, 0.717) is 5.69 Å². The van der Waals surface area contributed by atoms with Gasteiger partial charge in [-0.05, 0) is 48.2 Å². The molecule has 5 rings (SSSR count). The normalized spacial score (nSPS) is 15.0. The number of H-pyrrole nitrogens is 1. The molecule has 0 fully saturated rings. The van der Waals surface area contributed by atoms with E-state index < -0.39 is 0 Å². The Morgan fingerprint density at radius 2 is 2.23 bits per heavy atom. The van der Waals surface area contributed by atoms with Crippen LogP contribution >= 0.6 is 11.8 Å². The van der Waals surface area contributed by atoms with Crippen molar-refractivity contribution in [3.8, 4) is 5.75 Å². The Labute approximate surface area is 154 Å². The highest BCUT2D eigenvalue weighted by atomic mass is 32.2. The minimum atomic E-state index is -0.177. The fraction of sp³-hybridized carbons (Fsp3) is 0.158. The molecule has 0 unspecified atom stereocenters. The van der Waals surface area contributed by atoms with Gasteiger partial charge in [0.2, 0.25) is 0 Å². The summed E-state index contributed by atoms with van der Waals surface area (Å²) in [5, 5.41) is 4.92. The van der Waals surface area contributed by atoms with Gasteiger partial charge >= 0.3 is 0 Å². The number of benzene rings is 2. The fourth-order valence-corrected chi connectivity index (χ4v) is 4.42. The smallest absolute Gasteiger partial charge is 0.272 e. The van der Waals surface area contributed by atoms with Gasteiger partial charge in [-0.2, -0.15) is 0 Å². The van der Waals surface area contributed by atoms with Crippen molar-refractivity contribution >= 4 is 45.1 Å². The Kier molecular flexibility index (Phi) is 3.43. The third-order valence-electron chi connectivity index (χ3n) is 4.60. The van der Waals surface area contributed by atoms with Gasteiger partial charge in [-0.3, -0.25) is 9.79 Å². The average Bonchev–Trinajstić information content (AvgIpc) is 3.35. The van der Waals surface area contributed by atoms with Gasteiger partial charge in [0.25, 0.3) is 5.91 Å². The Bertz CT molecular complexity index is 1070. The van der Waals surface area contributed by atoms with Crippen LogP contribution in [0.2, 0.25) is 0 Å². The molecular formula is C19H16N4O2S. The van der Waals surface area contributed by atoms with Gasteiger partial charge < -0.3 is 19.9 Å². The molecule has 2 aromatic carbocycles. The topological polar surface area (TPSA) is 69.7 Å². The van der Waals surface area contributed by atoms with Gasteiger partial charge in [-0.15, -0.1) is 0 Å². The van der Waals surface area contributed by atoms with E-state index in [1.807, 2.05) is 42.5 Å². The SMILES string of the molecule is COc1cccc2[nH]c(C(=O)Nc3ccc4c(c3)N3CCN=C3S4)cc12. The predicted octanol–water partition coefficient (Wildman–Crippen LogP) is 3.71. The minimum Gasteiger partial charge on any atom is -0.496 e. The third kappa shape index (κ3) is 2.35. The average molecular weight is 364 g/mol. The minimum absolute atomic E-state index is 0.177. The van der Waals surface area contributed by atoms with Gasteiger partial charge in [0.15, 0.2) is 5.17 Å². The molecule has 0 bridgehead atoms. The Morgan fingerprint density at radius 3 is 3.12 bits per heavy atom. The van der Waals surface area contributed by atoms with Crippen LogP contribution in [0.25, 0.3) is 10.9 Å². The van der Waals surface area contributed by atoms with Gasteiger partial charge in [0.1, 0.15) is 11.4 Å². The first-order chi connectivity index (χ1) is 12.7. The lowest BCUT2D eigenvalue weighted by Crippen LogP contribution is -2.21. The molecule has 2 N–H and O–H groups in total. The number of aliphatic imine (C=N–C) groups is 1. The lowest BCUT2D eigenvalue weighted by Gasteiger charge is -2.13. The van der Waals surface area contributed by atoms with Crippen molar-refractivity contribution in [2.24, 2.45) is 4.99 Å². The number of fused-ring (bicyclic) bond motifs is 4. The summed E-state index contributed by atoms with van der Waals surface area (Å²) in [7, 11) is 1.62. The van der Waals surface area contributed by atoms with Crippen molar-refractivity contribution < 1.29 is 9.53 Å². The van der Waals surface area contributed by atoms with Crippen LogP contribution in [0.3, 0.4) is 0 Å². The zero-order valence-corrected chi connectivity index (χ0v) is 14.9. The van der Waals surface area contributed by atoms with Crippen molar-refractivity contribution in [3.63, 3.8) is 0 Å². The molecule has 1 amide bonds. The summed E-state index contributed by atoms with van der Waals surface area (Å²) in [5.41, 5.74) is 3.26. The van der Waals surface area contributed by atoms with Crippen molar-refractivity contribution in [2.45, 2.75) is 4.90 Å². The molecule has 0 aliphatic carbocycles. The molecule has 2 aliphatic rings. The summed E-state index contributed by atoms with van der Waals surface area (Å²) in [5.74, 6) is 0.567. The molecule has 7 heteroatoms. The van der Waals surface area contributed by atoms with Crippen LogP contribution in [0.15, 0.2) is 52.4 Å². The number of hydrogen-bond donors (Lipinski definition) is 2. The van der Waals surface area contributed by atoms with Crippen molar-refractivity contribution in [1.29, 1.82) is 0 Å². The quantitative estimate of drug-likeness (QED) is 0.743. The van der Waals surface area contributed by atoms with Gasteiger partial charge in [-0.25, -0.2) is 0 Å². The Balaban J connectivity index is 1.43. The van der Waals surface area contributed by atoms with E-state index in [1.54, 1.807) is 18.9 Å². The lowest BCUT2D eigenvalue weighted by molar-refractivity contribution is 0.102. The number of amidine groups is 1. The van der Waals surface area contributed by atoms with Crippen LogP contribution < -0.4 is 15.0 Å². The second kappa shape index (κ2) is 5.81. The molecule has 0 saturated carbocycles. The van der Waals surface area contributed by atoms with Crippen molar-refractivity contribution in [3.05, 3.63) is 48.2 Å². The number of aromatic nitrogens is 1. The number of thioether (sulfide) groups is 1. The van der Waals surface area contributed by atoms with Gasteiger partial charge in [0, 0.05) is 28.0 Å². The fourth-order valence-electron chi connectivity index (χ4n) is 3.35. The number of hydrogen-bond acceptors (Lipinski definition) is 5. The summed E-state index contributed by atoms with van der Waals surface area (Å²) in [4.78, 5) is 23.7. The van der Waals surface area contributed by atoms with Crippen molar-refractivity contribution in [1.82, 2.24) is 4.98 Å². The number of ether oxygens (including phenoxy) is 1. The monoisotopic (exact) mass is 364 g/mol. The maximum atomic E-state index is 12.7. The van der Waals surface area contributed by atoms with Crippen LogP contribution in [-0.2, 0) is 0 Å². The first-order valence-corrected chi connectivity index (χ1v) is 9.15. The highest BCUT2D eigenvalue weighted by Crippen LogP contribution is 2.43. The standard InChI is InChI=1S/C19H16N4O2S/c1-25-16-4-2-3-13-12(16)10-14(22-13)18(24)21-11-5-6-17-15(9-11)23-8-7-20-19(23)26-17/h2-6,9-10,22H,7-8H2,1H3,(H,21,24). The summed E-state index contributed by atoms with van der Waals surface area (Å²) < 4.78 is 5.36. The van der Waals surface area contributed by atoms with Crippen molar-refractivity contribution in [2.75, 3.05) is 30.4 Å². The molecule has 3 heterocycles. The van der Waals surface area contributed by atoms with Gasteiger partial charge in [-0.1, -0.05) is 6.07 Å². The molecule has 1 aromatic heterocycles. The first-order valence-electron chi connectivity index (χ1n) is 8.34. The first kappa shape index (κ1) is 15.3. The molecule has 3 aromatic rings. The van der Waals surface area contributed by atoms with E-state index in [-0.39, 0.29) is 5.91 Å². The number of aromatic amines is 1. The van der Waals surface area contributed by atoms with E-state index in [2.05, 4.69) is 20.2 Å². The molecule has 2 aliphatic heterocycles. The summed E-state index contributed by atoms with van der Waals surface area (Å²) in [6.07, 6.45) is 0. The molecular weight excluding hydrogens is 348 g/mol. The molecule has 0 atom stereocenters. The molecule has 0 radical (unpaired) electrons. The third-order valence-corrected chi connectivity index (χ3v) is 5.70. The van der Waals surface area contributed by atoms with Gasteiger partial charge in [0.05, 0.1) is 19.3 Å². The molecule has 130 valence electrons. The summed E-state index contributed by atoms with van der Waals surface area (Å²) in [6, 6.07) is 13.5. The summed E-state index contributed by atoms with van der Waals surface area (Å²) in [6.45, 7) is 1.73.